The fraction of sp³-hybridized carbons (Fsp3) is 0.950. The second kappa shape index (κ2) is 102. The van der Waals surface area contributed by atoms with Gasteiger partial charge in [-0.2, -0.15) is 0 Å². The van der Waals surface area contributed by atoms with Crippen molar-refractivity contribution < 1.29 is 39.6 Å². The Hall–Kier alpha value is -0.523. The molecule has 0 aromatic rings. The van der Waals surface area contributed by atoms with Crippen molar-refractivity contribution in [1.82, 2.24) is 0 Å². The molecule has 0 aromatic heterocycles. The molecule has 0 rings (SSSR count). The van der Waals surface area contributed by atoms with Gasteiger partial charge < -0.3 is 39.6 Å². The van der Waals surface area contributed by atoms with Gasteiger partial charge in [0, 0.05) is 23.9 Å². The van der Waals surface area contributed by atoms with Gasteiger partial charge >= 0.3 is 242 Å². The molecule has 90 heavy (non-hydrogen) atoms. The van der Waals surface area contributed by atoms with E-state index >= 15 is 0 Å². The third-order valence-corrected chi connectivity index (χ3v) is 24.8. The second-order valence-electron chi connectivity index (χ2n) is 26.4. The van der Waals surface area contributed by atoms with E-state index in [1.807, 2.05) is 0 Å². The van der Waals surface area contributed by atoms with Crippen LogP contribution >= 0.6 is 0 Å². The average molecular weight is 1490 g/mol. The first-order valence-corrected chi connectivity index (χ1v) is 48.2. The summed E-state index contributed by atoms with van der Waals surface area (Å²) in [6.45, 7) is 18.1. The molecule has 10 heteroatoms. The fourth-order valence-corrected chi connectivity index (χ4v) is 17.8. The van der Waals surface area contributed by atoms with Crippen molar-refractivity contribution in [2.75, 3.05) is 0 Å². The van der Waals surface area contributed by atoms with Crippen molar-refractivity contribution >= 4 is 66.2 Å². The molecule has 0 saturated carbocycles. The van der Waals surface area contributed by atoms with Crippen LogP contribution in [0.4, 0.5) is 0 Å². The van der Waals surface area contributed by atoms with Gasteiger partial charge in [0.25, 0.3) is 0 Å². The molecule has 0 fully saturated rings. The van der Waals surface area contributed by atoms with E-state index in [4.69, 9.17) is 0 Å². The van der Waals surface area contributed by atoms with Gasteiger partial charge in [-0.1, -0.05) is 233 Å². The Morgan fingerprint density at radius 2 is 0.267 bits per heavy atom. The quantitative estimate of drug-likeness (QED) is 0.0430. The van der Waals surface area contributed by atoms with Crippen molar-refractivity contribution in [2.45, 2.75) is 484 Å². The maximum absolute atomic E-state index is 10.1. The zero-order valence-electron chi connectivity index (χ0n) is 62.3. The summed E-state index contributed by atoms with van der Waals surface area (Å²) in [5, 5.41) is 40.4. The Balaban J connectivity index is -0.000000236. The molecular weight excluding hydrogens is 1330 g/mol. The van der Waals surface area contributed by atoms with Gasteiger partial charge in [0.05, 0.1) is 0 Å². The molecule has 0 saturated heterocycles. The van der Waals surface area contributed by atoms with E-state index in [-0.39, 0.29) is 68.0 Å². The van der Waals surface area contributed by atoms with Gasteiger partial charge in [0.15, 0.2) is 0 Å². The third-order valence-electron chi connectivity index (χ3n) is 16.8. The van der Waals surface area contributed by atoms with Crippen LogP contribution in [-0.2, 0) is 19.2 Å². The molecular formula is C80H160O8Sn2. The van der Waals surface area contributed by atoms with Crippen LogP contribution < -0.4 is 20.4 Å². The van der Waals surface area contributed by atoms with Gasteiger partial charge in [-0.15, -0.1) is 0 Å². The Labute approximate surface area is 585 Å². The van der Waals surface area contributed by atoms with Gasteiger partial charge in [-0.05, 0) is 51.4 Å². The zero-order chi connectivity index (χ0) is 67.8. The SMILES string of the molecule is CCCCCCCCCCCC(=O)[O-].CCCCCCCCCCCC(=O)[O-].CCCCCCCCCCCC(=O)[O-].CCCCCCCCCCCC(=O)[O-].CCCCCCC[CH2][Sn+2][CH2]CCCCCCC.CCCCCCC[CH2][Sn+2][CH2]CCCCCCC. The standard InChI is InChI=1S/4C12H24O2.4C8H17.2Sn/c4*1-2-3-4-5-6-7-8-9-10-11-12(13)14;4*1-3-5-7-8-6-4-2;;/h4*2-11H2,1H3,(H,13,14);4*1,3-8H2,2H3;;/q;;;;;;;;2*+2/p-4. The predicted octanol–water partition coefficient (Wildman–Crippen LogP) is 23.1. The zero-order valence-corrected chi connectivity index (χ0v) is 68.1. The summed E-state index contributed by atoms with van der Waals surface area (Å²) in [7, 11) is 0. The molecule has 0 atom stereocenters. The summed E-state index contributed by atoms with van der Waals surface area (Å²) in [4.78, 5) is 40.4. The molecule has 0 bridgehead atoms. The molecule has 0 aliphatic heterocycles. The Morgan fingerprint density at radius 3 is 0.378 bits per heavy atom. The molecule has 0 spiro atoms. The number of unbranched alkanes of at least 4 members (excludes halogenated alkanes) is 52. The maximum atomic E-state index is 10.1. The van der Waals surface area contributed by atoms with Crippen molar-refractivity contribution in [3.63, 3.8) is 0 Å². The normalized spacial score (nSPS) is 10.4. The molecule has 0 unspecified atom stereocenters. The first-order valence-electron chi connectivity index (χ1n) is 40.1. The number of hydrogen-bond acceptors (Lipinski definition) is 8. The number of carboxylic acids is 4. The molecule has 536 valence electrons. The molecule has 0 aromatic carbocycles. The minimum absolute atomic E-state index is 0.0736. The van der Waals surface area contributed by atoms with Crippen LogP contribution in [0, 0.1) is 0 Å². The van der Waals surface area contributed by atoms with E-state index in [1.165, 1.54) is 308 Å². The molecule has 0 heterocycles. The van der Waals surface area contributed by atoms with Crippen LogP contribution in [0.1, 0.15) is 466 Å². The number of carboxylic acid groups (broad SMARTS) is 4. The summed E-state index contributed by atoms with van der Waals surface area (Å²) in [5.41, 5.74) is 0. The summed E-state index contributed by atoms with van der Waals surface area (Å²) < 4.78 is 6.63. The topological polar surface area (TPSA) is 161 Å². The van der Waals surface area contributed by atoms with E-state index in [9.17, 15) is 39.6 Å². The van der Waals surface area contributed by atoms with Gasteiger partial charge in [0.1, 0.15) is 0 Å². The van der Waals surface area contributed by atoms with Crippen molar-refractivity contribution in [2.24, 2.45) is 0 Å². The summed E-state index contributed by atoms with van der Waals surface area (Å²) in [5.74, 6) is -3.64. The Kier molecular flexibility index (Phi) is 114. The number of aliphatic carboxylic acids is 4. The van der Waals surface area contributed by atoms with Crippen LogP contribution in [0.15, 0.2) is 0 Å². The number of hydrogen-bond donors (Lipinski definition) is 0. The first kappa shape index (κ1) is 101. The van der Waals surface area contributed by atoms with Gasteiger partial charge in [-0.3, -0.25) is 0 Å². The fourth-order valence-electron chi connectivity index (χ4n) is 10.7. The summed E-state index contributed by atoms with van der Waals surface area (Å²) in [6.07, 6.45) is 80.3. The molecule has 0 radical (unpaired) electrons. The molecule has 0 amide bonds. The van der Waals surface area contributed by atoms with Crippen molar-refractivity contribution in [3.05, 3.63) is 0 Å². The molecule has 0 aliphatic rings. The monoisotopic (exact) mass is 1490 g/mol. The first-order chi connectivity index (χ1) is 43.9. The second-order valence-corrected chi connectivity index (χ2v) is 34.9. The number of carbonyl (C=O) groups excluding carboxylic acids is 4. The van der Waals surface area contributed by atoms with E-state index in [0.717, 1.165) is 51.4 Å². The van der Waals surface area contributed by atoms with E-state index in [1.54, 1.807) is 43.4 Å². The van der Waals surface area contributed by atoms with Crippen molar-refractivity contribution in [1.29, 1.82) is 0 Å². The van der Waals surface area contributed by atoms with Crippen LogP contribution in [0.3, 0.4) is 0 Å². The van der Waals surface area contributed by atoms with Gasteiger partial charge in [0.2, 0.25) is 0 Å². The molecule has 8 nitrogen and oxygen atoms in total. The van der Waals surface area contributed by atoms with Crippen LogP contribution in [-0.4, -0.2) is 66.2 Å². The van der Waals surface area contributed by atoms with Gasteiger partial charge in [-0.25, -0.2) is 0 Å². The minimum atomic E-state index is -0.909. The molecule has 0 aliphatic carbocycles. The van der Waals surface area contributed by atoms with E-state index in [0.29, 0.717) is 0 Å². The van der Waals surface area contributed by atoms with E-state index in [2.05, 4.69) is 55.4 Å². The van der Waals surface area contributed by atoms with Crippen LogP contribution in [0.2, 0.25) is 17.7 Å². The number of rotatable bonds is 68. The Bertz CT molecular complexity index is 1080. The number of carbonyl (C=O) groups is 4. The molecule has 0 N–H and O–H groups in total. The average Bonchev–Trinajstić information content (AvgIpc) is 3.52. The summed E-state index contributed by atoms with van der Waals surface area (Å²) >= 11 is 0.147. The third kappa shape index (κ3) is 128. The van der Waals surface area contributed by atoms with E-state index < -0.39 is 23.9 Å². The van der Waals surface area contributed by atoms with Crippen molar-refractivity contribution in [3.8, 4) is 0 Å². The van der Waals surface area contributed by atoms with Crippen LogP contribution in [0.5, 0.6) is 0 Å². The summed E-state index contributed by atoms with van der Waals surface area (Å²) in [6, 6.07) is 0. The van der Waals surface area contributed by atoms with Crippen LogP contribution in [0.25, 0.3) is 0 Å². The Morgan fingerprint density at radius 1 is 0.167 bits per heavy atom. The predicted molar refractivity (Wildman–Crippen MR) is 392 cm³/mol.